The molecule has 0 aliphatic carbocycles. The van der Waals surface area contributed by atoms with E-state index < -0.39 is 0 Å². The van der Waals surface area contributed by atoms with Crippen molar-refractivity contribution in [3.63, 3.8) is 0 Å². The lowest BCUT2D eigenvalue weighted by atomic mass is 10.0. The second-order valence-electron chi connectivity index (χ2n) is 5.69. The molecule has 2 heterocycles. The zero-order valence-electron chi connectivity index (χ0n) is 13.2. The number of fused-ring (bicyclic) bond motifs is 1. The van der Waals surface area contributed by atoms with Crippen molar-refractivity contribution in [1.82, 2.24) is 15.3 Å². The molecule has 0 saturated heterocycles. The molecule has 2 aromatic heterocycles. The maximum Gasteiger partial charge on any atom is 0.251 e. The zero-order valence-corrected chi connectivity index (χ0v) is 13.2. The Labute approximate surface area is 140 Å². The molecule has 0 radical (unpaired) electrons. The van der Waals surface area contributed by atoms with Crippen LogP contribution in [0.15, 0.2) is 60.9 Å². The maximum absolute atomic E-state index is 12.3. The van der Waals surface area contributed by atoms with Gasteiger partial charge in [0.15, 0.2) is 0 Å². The number of carbonyl (C=O) groups is 1. The summed E-state index contributed by atoms with van der Waals surface area (Å²) >= 11 is 0. The van der Waals surface area contributed by atoms with Crippen molar-refractivity contribution in [3.8, 4) is 0 Å². The Morgan fingerprint density at radius 1 is 1.08 bits per heavy atom. The van der Waals surface area contributed by atoms with E-state index in [1.165, 1.54) is 0 Å². The maximum atomic E-state index is 12.3. The van der Waals surface area contributed by atoms with E-state index in [-0.39, 0.29) is 18.4 Å². The highest BCUT2D eigenvalue weighted by atomic mass is 16.3. The van der Waals surface area contributed by atoms with Crippen LogP contribution in [-0.2, 0) is 6.42 Å². The average molecular weight is 321 g/mol. The van der Waals surface area contributed by atoms with Crippen LogP contribution in [0.1, 0.15) is 16.1 Å². The van der Waals surface area contributed by atoms with Gasteiger partial charge in [-0.15, -0.1) is 0 Å². The number of rotatable bonds is 6. The van der Waals surface area contributed by atoms with Crippen molar-refractivity contribution in [2.45, 2.75) is 6.42 Å². The minimum Gasteiger partial charge on any atom is -0.396 e. The Morgan fingerprint density at radius 2 is 1.96 bits per heavy atom. The lowest BCUT2D eigenvalue weighted by Gasteiger charge is -2.15. The zero-order chi connectivity index (χ0) is 16.8. The van der Waals surface area contributed by atoms with Crippen LogP contribution < -0.4 is 5.32 Å². The van der Waals surface area contributed by atoms with Crippen LogP contribution in [0.4, 0.5) is 0 Å². The van der Waals surface area contributed by atoms with Gasteiger partial charge in [-0.25, -0.2) is 0 Å². The van der Waals surface area contributed by atoms with Crippen LogP contribution >= 0.6 is 0 Å². The van der Waals surface area contributed by atoms with Crippen molar-refractivity contribution in [3.05, 3.63) is 72.2 Å². The predicted octanol–water partition coefficient (Wildman–Crippen LogP) is 2.21. The molecular weight excluding hydrogens is 302 g/mol. The van der Waals surface area contributed by atoms with Crippen LogP contribution in [0.2, 0.25) is 0 Å². The van der Waals surface area contributed by atoms with Crippen LogP contribution in [0.25, 0.3) is 10.9 Å². The van der Waals surface area contributed by atoms with E-state index in [4.69, 9.17) is 0 Å². The normalized spacial score (nSPS) is 12.0. The summed E-state index contributed by atoms with van der Waals surface area (Å²) in [5.74, 6) is -0.216. The lowest BCUT2D eigenvalue weighted by molar-refractivity contribution is 0.0940. The number of aromatic nitrogens is 2. The number of nitrogens with zero attached hydrogens (tertiary/aromatic N) is 2. The van der Waals surface area contributed by atoms with Crippen molar-refractivity contribution >= 4 is 16.8 Å². The van der Waals surface area contributed by atoms with Crippen LogP contribution in [0.3, 0.4) is 0 Å². The second kappa shape index (κ2) is 7.66. The standard InChI is InChI=1S/C19H19N3O2/c23-13-14(10-17-5-1-2-8-20-17)12-22-19(24)16-6-7-18-15(11-16)4-3-9-21-18/h1-9,11,14,23H,10,12-13H2,(H,22,24). The molecule has 3 aromatic rings. The Hall–Kier alpha value is -2.79. The van der Waals surface area contributed by atoms with Crippen LogP contribution in [-0.4, -0.2) is 34.1 Å². The third-order valence-electron chi connectivity index (χ3n) is 3.90. The molecule has 3 rings (SSSR count). The van der Waals surface area contributed by atoms with Crippen LogP contribution in [0.5, 0.6) is 0 Å². The number of hydrogen-bond acceptors (Lipinski definition) is 4. The van der Waals surface area contributed by atoms with Crippen molar-refractivity contribution in [1.29, 1.82) is 0 Å². The summed E-state index contributed by atoms with van der Waals surface area (Å²) in [5, 5.41) is 13.3. The summed E-state index contributed by atoms with van der Waals surface area (Å²) < 4.78 is 0. The summed E-state index contributed by atoms with van der Waals surface area (Å²) in [4.78, 5) is 20.8. The van der Waals surface area contributed by atoms with Gasteiger partial charge >= 0.3 is 0 Å². The fourth-order valence-corrected chi connectivity index (χ4v) is 2.57. The van der Waals surface area contributed by atoms with Gasteiger partial charge in [0, 0.05) is 48.1 Å². The molecule has 24 heavy (non-hydrogen) atoms. The van der Waals surface area contributed by atoms with Gasteiger partial charge in [-0.1, -0.05) is 12.1 Å². The van der Waals surface area contributed by atoms with Gasteiger partial charge in [0.1, 0.15) is 0 Å². The monoisotopic (exact) mass is 321 g/mol. The SMILES string of the molecule is O=C(NCC(CO)Cc1ccccn1)c1ccc2ncccc2c1. The van der Waals surface area contributed by atoms with Gasteiger partial charge in [-0.3, -0.25) is 14.8 Å². The van der Waals surface area contributed by atoms with E-state index in [1.54, 1.807) is 18.5 Å². The quantitative estimate of drug-likeness (QED) is 0.730. The number of aliphatic hydroxyl groups is 1. The summed E-state index contributed by atoms with van der Waals surface area (Å²) in [6, 6.07) is 14.9. The molecule has 0 aliphatic heterocycles. The third-order valence-corrected chi connectivity index (χ3v) is 3.90. The summed E-state index contributed by atoms with van der Waals surface area (Å²) in [7, 11) is 0. The first-order chi connectivity index (χ1) is 11.8. The largest absolute Gasteiger partial charge is 0.396 e. The van der Waals surface area contributed by atoms with Crippen molar-refractivity contribution in [2.24, 2.45) is 5.92 Å². The second-order valence-corrected chi connectivity index (χ2v) is 5.69. The van der Waals surface area contributed by atoms with E-state index in [0.717, 1.165) is 16.6 Å². The van der Waals surface area contributed by atoms with Gasteiger partial charge in [0.25, 0.3) is 5.91 Å². The fourth-order valence-electron chi connectivity index (χ4n) is 2.57. The topological polar surface area (TPSA) is 75.1 Å². The molecule has 122 valence electrons. The Morgan fingerprint density at radius 3 is 2.75 bits per heavy atom. The fraction of sp³-hybridized carbons (Fsp3) is 0.211. The summed E-state index contributed by atoms with van der Waals surface area (Å²) in [6.45, 7) is 0.398. The van der Waals surface area contributed by atoms with Gasteiger partial charge in [0.2, 0.25) is 0 Å². The van der Waals surface area contributed by atoms with Gasteiger partial charge in [-0.2, -0.15) is 0 Å². The predicted molar refractivity (Wildman–Crippen MR) is 92.6 cm³/mol. The lowest BCUT2D eigenvalue weighted by Crippen LogP contribution is -2.32. The van der Waals surface area contributed by atoms with Gasteiger partial charge in [-0.05, 0) is 42.8 Å². The van der Waals surface area contributed by atoms with E-state index in [0.29, 0.717) is 18.5 Å². The summed E-state index contributed by atoms with van der Waals surface area (Å²) in [5.41, 5.74) is 2.35. The minimum absolute atomic E-state index is 0.00149. The molecule has 2 N–H and O–H groups in total. The number of hydrogen-bond donors (Lipinski definition) is 2. The number of carbonyl (C=O) groups excluding carboxylic acids is 1. The average Bonchev–Trinajstić information content (AvgIpc) is 2.65. The molecule has 1 amide bonds. The molecule has 0 fully saturated rings. The molecule has 5 heteroatoms. The van der Waals surface area contributed by atoms with E-state index in [1.807, 2.05) is 42.5 Å². The Kier molecular flexibility index (Phi) is 5.13. The van der Waals surface area contributed by atoms with E-state index in [9.17, 15) is 9.90 Å². The highest BCUT2D eigenvalue weighted by Crippen LogP contribution is 2.13. The highest BCUT2D eigenvalue weighted by Gasteiger charge is 2.12. The molecule has 1 unspecified atom stereocenters. The number of aliphatic hydroxyl groups excluding tert-OH is 1. The van der Waals surface area contributed by atoms with Crippen LogP contribution in [0, 0.1) is 5.92 Å². The molecule has 1 atom stereocenters. The molecule has 0 aliphatic rings. The third kappa shape index (κ3) is 3.94. The first-order valence-electron chi connectivity index (χ1n) is 7.90. The Balaban J connectivity index is 1.62. The molecule has 0 bridgehead atoms. The van der Waals surface area contributed by atoms with Crippen molar-refractivity contribution < 1.29 is 9.90 Å². The van der Waals surface area contributed by atoms with E-state index in [2.05, 4.69) is 15.3 Å². The number of amides is 1. The molecule has 5 nitrogen and oxygen atoms in total. The first kappa shape index (κ1) is 16.1. The minimum atomic E-state index is -0.153. The molecule has 1 aromatic carbocycles. The van der Waals surface area contributed by atoms with Gasteiger partial charge in [0.05, 0.1) is 5.52 Å². The molecule has 0 saturated carbocycles. The molecule has 0 spiro atoms. The summed E-state index contributed by atoms with van der Waals surface area (Å²) in [6.07, 6.45) is 4.08. The number of pyridine rings is 2. The highest BCUT2D eigenvalue weighted by molar-refractivity contribution is 5.97. The van der Waals surface area contributed by atoms with Crippen molar-refractivity contribution in [2.75, 3.05) is 13.2 Å². The smallest absolute Gasteiger partial charge is 0.251 e. The van der Waals surface area contributed by atoms with E-state index >= 15 is 0 Å². The first-order valence-corrected chi connectivity index (χ1v) is 7.90. The Bertz CT molecular complexity index is 821. The molecular formula is C19H19N3O2. The number of nitrogens with one attached hydrogen (secondary N) is 1. The van der Waals surface area contributed by atoms with Gasteiger partial charge < -0.3 is 10.4 Å². The number of benzene rings is 1.